The molecule has 5 nitrogen and oxygen atoms in total. The molecule has 24 heavy (non-hydrogen) atoms. The van der Waals surface area contributed by atoms with E-state index in [1.807, 2.05) is 13.0 Å². The second-order valence-electron chi connectivity index (χ2n) is 5.34. The van der Waals surface area contributed by atoms with Crippen molar-refractivity contribution in [1.29, 1.82) is 0 Å². The van der Waals surface area contributed by atoms with Crippen molar-refractivity contribution in [1.82, 2.24) is 15.6 Å². The third kappa shape index (κ3) is 5.62. The maximum Gasteiger partial charge on any atom is 0.191 e. The number of nitrogens with one attached hydrogen (secondary N) is 2. The van der Waals surface area contributed by atoms with E-state index in [2.05, 4.69) is 46.6 Å². The van der Waals surface area contributed by atoms with Gasteiger partial charge in [0.2, 0.25) is 0 Å². The van der Waals surface area contributed by atoms with Gasteiger partial charge in [-0.1, -0.05) is 12.1 Å². The summed E-state index contributed by atoms with van der Waals surface area (Å²) in [5.41, 5.74) is 3.38. The van der Waals surface area contributed by atoms with Crippen LogP contribution in [0.5, 0.6) is 5.75 Å². The molecule has 0 aliphatic rings. The molecule has 1 aromatic carbocycles. The van der Waals surface area contributed by atoms with Crippen LogP contribution in [0.15, 0.2) is 23.2 Å². The number of hydrogen-bond donors (Lipinski definition) is 2. The monoisotopic (exact) mass is 460 g/mol. The summed E-state index contributed by atoms with van der Waals surface area (Å²) in [6.07, 6.45) is 0. The predicted molar refractivity (Wildman–Crippen MR) is 112 cm³/mol. The number of rotatable bonds is 5. The zero-order chi connectivity index (χ0) is 16.8. The van der Waals surface area contributed by atoms with E-state index >= 15 is 0 Å². The number of aliphatic imine (C=N–C) groups is 1. The Morgan fingerprint density at radius 3 is 2.50 bits per heavy atom. The number of guanidine groups is 1. The molecule has 0 aliphatic carbocycles. The largest absolute Gasteiger partial charge is 0.496 e. The van der Waals surface area contributed by atoms with E-state index in [1.165, 1.54) is 10.4 Å². The van der Waals surface area contributed by atoms with Crippen LogP contribution in [-0.4, -0.2) is 25.1 Å². The number of hydrogen-bond acceptors (Lipinski definition) is 4. The molecule has 0 amide bonds. The van der Waals surface area contributed by atoms with Gasteiger partial charge in [0.05, 0.1) is 19.3 Å². The third-order valence-corrected chi connectivity index (χ3v) is 4.67. The lowest BCUT2D eigenvalue weighted by Gasteiger charge is -2.13. The lowest BCUT2D eigenvalue weighted by atomic mass is 10.1. The number of nitrogens with zero attached hydrogens (tertiary/aromatic N) is 2. The van der Waals surface area contributed by atoms with Crippen molar-refractivity contribution in [3.63, 3.8) is 0 Å². The number of aromatic nitrogens is 1. The van der Waals surface area contributed by atoms with Gasteiger partial charge < -0.3 is 15.4 Å². The second kappa shape index (κ2) is 9.83. The third-order valence-electron chi connectivity index (χ3n) is 3.59. The molecular formula is C17H25IN4OS. The molecule has 0 saturated heterocycles. The summed E-state index contributed by atoms with van der Waals surface area (Å²) in [6.45, 7) is 7.50. The molecule has 0 atom stereocenters. The topological polar surface area (TPSA) is 58.5 Å². The van der Waals surface area contributed by atoms with Crippen LogP contribution in [0.1, 0.15) is 26.7 Å². The van der Waals surface area contributed by atoms with Gasteiger partial charge in [0, 0.05) is 24.0 Å². The van der Waals surface area contributed by atoms with Gasteiger partial charge in [0.25, 0.3) is 0 Å². The Balaban J connectivity index is 0.00000288. The van der Waals surface area contributed by atoms with Crippen molar-refractivity contribution in [2.75, 3.05) is 14.2 Å². The fourth-order valence-corrected chi connectivity index (χ4v) is 3.05. The van der Waals surface area contributed by atoms with Gasteiger partial charge in [-0.05, 0) is 32.4 Å². The van der Waals surface area contributed by atoms with Crippen LogP contribution in [0.25, 0.3) is 0 Å². The van der Waals surface area contributed by atoms with Crippen molar-refractivity contribution in [2.24, 2.45) is 4.99 Å². The number of aryl methyl sites for hydroxylation is 3. The van der Waals surface area contributed by atoms with Gasteiger partial charge in [-0.3, -0.25) is 4.99 Å². The minimum Gasteiger partial charge on any atom is -0.496 e. The quantitative estimate of drug-likeness (QED) is 0.407. The first kappa shape index (κ1) is 20.7. The van der Waals surface area contributed by atoms with Crippen molar-refractivity contribution in [3.05, 3.63) is 44.9 Å². The van der Waals surface area contributed by atoms with Crippen LogP contribution < -0.4 is 15.4 Å². The number of benzene rings is 1. The lowest BCUT2D eigenvalue weighted by molar-refractivity contribution is 0.408. The maximum atomic E-state index is 5.43. The van der Waals surface area contributed by atoms with Crippen LogP contribution in [-0.2, 0) is 13.1 Å². The van der Waals surface area contributed by atoms with Crippen LogP contribution in [0.4, 0.5) is 0 Å². The normalized spacial score (nSPS) is 11.0. The molecule has 1 heterocycles. The summed E-state index contributed by atoms with van der Waals surface area (Å²) < 4.78 is 5.43. The molecule has 0 spiro atoms. The fourth-order valence-electron chi connectivity index (χ4n) is 2.17. The maximum absolute atomic E-state index is 5.43. The van der Waals surface area contributed by atoms with Gasteiger partial charge in [-0.25, -0.2) is 4.98 Å². The first-order valence-corrected chi connectivity index (χ1v) is 8.36. The minimum absolute atomic E-state index is 0. The second-order valence-corrected chi connectivity index (χ2v) is 6.63. The van der Waals surface area contributed by atoms with Gasteiger partial charge in [-0.2, -0.15) is 0 Å². The molecule has 2 N–H and O–H groups in total. The molecule has 0 saturated carbocycles. The molecule has 2 aromatic rings. The standard InChI is InChI=1S/C17H24N4OS.HI/c1-11-6-7-14(15(8-11)22-5)9-19-17(18-4)20-10-16-21-12(2)13(3)23-16;/h6-8H,9-10H2,1-5H3,(H2,18,19,20);1H. The van der Waals surface area contributed by atoms with Crippen molar-refractivity contribution in [2.45, 2.75) is 33.9 Å². The molecule has 0 fully saturated rings. The number of thiazole rings is 1. The molecule has 0 radical (unpaired) electrons. The summed E-state index contributed by atoms with van der Waals surface area (Å²) >= 11 is 1.71. The Labute approximate surface area is 165 Å². The van der Waals surface area contributed by atoms with Gasteiger partial charge in [-0.15, -0.1) is 35.3 Å². The Hall–Kier alpha value is -1.35. The highest BCUT2D eigenvalue weighted by Gasteiger charge is 2.07. The first-order chi connectivity index (χ1) is 11.0. The molecule has 0 bridgehead atoms. The number of halogens is 1. The molecule has 1 aromatic heterocycles. The lowest BCUT2D eigenvalue weighted by Crippen LogP contribution is -2.36. The molecule has 7 heteroatoms. The average molecular weight is 460 g/mol. The first-order valence-electron chi connectivity index (χ1n) is 7.54. The van der Waals surface area contributed by atoms with E-state index in [0.717, 1.165) is 28.0 Å². The fraction of sp³-hybridized carbons (Fsp3) is 0.412. The molecule has 132 valence electrons. The highest BCUT2D eigenvalue weighted by molar-refractivity contribution is 14.0. The van der Waals surface area contributed by atoms with E-state index in [9.17, 15) is 0 Å². The highest BCUT2D eigenvalue weighted by Crippen LogP contribution is 2.19. The van der Waals surface area contributed by atoms with Crippen LogP contribution in [0.3, 0.4) is 0 Å². The Bertz CT molecular complexity index is 680. The van der Waals surface area contributed by atoms with Gasteiger partial charge in [0.1, 0.15) is 10.8 Å². The molecule has 0 unspecified atom stereocenters. The molecule has 2 rings (SSSR count). The van der Waals surface area contributed by atoms with Crippen LogP contribution in [0.2, 0.25) is 0 Å². The van der Waals surface area contributed by atoms with E-state index in [1.54, 1.807) is 25.5 Å². The summed E-state index contributed by atoms with van der Waals surface area (Å²) in [5, 5.41) is 7.66. The smallest absolute Gasteiger partial charge is 0.191 e. The van der Waals surface area contributed by atoms with Crippen molar-refractivity contribution < 1.29 is 4.74 Å². The number of methoxy groups -OCH3 is 1. The van der Waals surface area contributed by atoms with Crippen molar-refractivity contribution >= 4 is 41.3 Å². The van der Waals surface area contributed by atoms with Crippen LogP contribution >= 0.6 is 35.3 Å². The van der Waals surface area contributed by atoms with E-state index in [-0.39, 0.29) is 24.0 Å². The summed E-state index contributed by atoms with van der Waals surface area (Å²) in [7, 11) is 3.46. The zero-order valence-corrected chi connectivity index (χ0v) is 17.9. The highest BCUT2D eigenvalue weighted by atomic mass is 127. The van der Waals surface area contributed by atoms with Crippen LogP contribution in [0, 0.1) is 20.8 Å². The average Bonchev–Trinajstić information content (AvgIpc) is 2.86. The van der Waals surface area contributed by atoms with Gasteiger partial charge >= 0.3 is 0 Å². The van der Waals surface area contributed by atoms with E-state index in [4.69, 9.17) is 4.74 Å². The Morgan fingerprint density at radius 1 is 1.21 bits per heavy atom. The van der Waals surface area contributed by atoms with Gasteiger partial charge in [0.15, 0.2) is 5.96 Å². The SMILES string of the molecule is CN=C(NCc1nc(C)c(C)s1)NCc1ccc(C)cc1OC.I. The molecular weight excluding hydrogens is 435 g/mol. The van der Waals surface area contributed by atoms with E-state index in [0.29, 0.717) is 13.1 Å². The molecule has 0 aliphatic heterocycles. The predicted octanol–water partition coefficient (Wildman–Crippen LogP) is 3.56. The summed E-state index contributed by atoms with van der Waals surface area (Å²) in [5.74, 6) is 1.64. The zero-order valence-electron chi connectivity index (χ0n) is 14.8. The minimum atomic E-state index is 0. The Morgan fingerprint density at radius 2 is 1.92 bits per heavy atom. The number of ether oxygens (including phenoxy) is 1. The van der Waals surface area contributed by atoms with E-state index < -0.39 is 0 Å². The summed E-state index contributed by atoms with van der Waals surface area (Å²) in [6, 6.07) is 6.19. The Kier molecular flexibility index (Phi) is 8.47. The summed E-state index contributed by atoms with van der Waals surface area (Å²) in [4.78, 5) is 10.0. The van der Waals surface area contributed by atoms with Crippen molar-refractivity contribution in [3.8, 4) is 5.75 Å².